The van der Waals surface area contributed by atoms with Gasteiger partial charge >= 0.3 is 0 Å². The first-order chi connectivity index (χ1) is 7.43. The lowest BCUT2D eigenvalue weighted by Gasteiger charge is -2.17. The maximum absolute atomic E-state index is 4.26. The molecule has 0 N–H and O–H groups in total. The Balaban J connectivity index is 1.92. The zero-order valence-electron chi connectivity index (χ0n) is 8.30. The topological polar surface area (TPSA) is 29.0 Å². The Labute approximate surface area is 88.5 Å². The molecule has 0 aliphatic carbocycles. The van der Waals surface area contributed by atoms with Crippen molar-refractivity contribution in [1.82, 2.24) is 14.9 Å². The molecule has 15 heavy (non-hydrogen) atoms. The van der Waals surface area contributed by atoms with E-state index in [4.69, 9.17) is 0 Å². The maximum atomic E-state index is 4.26. The van der Waals surface area contributed by atoms with E-state index in [0.717, 1.165) is 18.8 Å². The van der Waals surface area contributed by atoms with Gasteiger partial charge in [-0.1, -0.05) is 12.2 Å². The van der Waals surface area contributed by atoms with E-state index < -0.39 is 0 Å². The molecule has 0 spiro atoms. The van der Waals surface area contributed by atoms with Crippen LogP contribution in [0.3, 0.4) is 0 Å². The third-order valence-electron chi connectivity index (χ3n) is 2.63. The molecule has 0 fully saturated rings. The molecule has 0 radical (unpaired) electrons. The minimum Gasteiger partial charge on any atom is -0.347 e. The normalized spacial score (nSPS) is 18.5. The van der Waals surface area contributed by atoms with E-state index in [1.807, 2.05) is 6.07 Å². The molecule has 0 atom stereocenters. The third-order valence-corrected chi connectivity index (χ3v) is 2.63. The van der Waals surface area contributed by atoms with Crippen molar-refractivity contribution in [3.63, 3.8) is 0 Å². The second-order valence-electron chi connectivity index (χ2n) is 3.64. The van der Waals surface area contributed by atoms with E-state index >= 15 is 0 Å². The molecular formula is C12H11N3. The summed E-state index contributed by atoms with van der Waals surface area (Å²) in [5.41, 5.74) is 2.53. The van der Waals surface area contributed by atoms with Gasteiger partial charge in [0.1, 0.15) is 0 Å². The highest BCUT2D eigenvalue weighted by Crippen LogP contribution is 2.31. The Morgan fingerprint density at radius 3 is 2.87 bits per heavy atom. The van der Waals surface area contributed by atoms with Gasteiger partial charge in [0, 0.05) is 42.8 Å². The summed E-state index contributed by atoms with van der Waals surface area (Å²) in [5, 5.41) is 0. The van der Waals surface area contributed by atoms with Crippen LogP contribution in [0.15, 0.2) is 48.6 Å². The van der Waals surface area contributed by atoms with Gasteiger partial charge in [-0.3, -0.25) is 0 Å². The molecular weight excluding hydrogens is 186 g/mol. The summed E-state index contributed by atoms with van der Waals surface area (Å²) in [6, 6.07) is 1.84. The molecule has 3 nitrogen and oxygen atoms in total. The molecule has 3 heterocycles. The van der Waals surface area contributed by atoms with E-state index in [0.29, 0.717) is 0 Å². The van der Waals surface area contributed by atoms with Crippen molar-refractivity contribution in [1.29, 1.82) is 0 Å². The van der Waals surface area contributed by atoms with E-state index in [1.54, 1.807) is 12.4 Å². The Kier molecular flexibility index (Phi) is 1.88. The molecule has 1 aromatic heterocycles. The first kappa shape index (κ1) is 8.41. The number of allylic oxidation sites excluding steroid dienone is 3. The van der Waals surface area contributed by atoms with Crippen LogP contribution in [0.2, 0.25) is 0 Å². The number of rotatable bonds is 1. The molecule has 0 saturated carbocycles. The van der Waals surface area contributed by atoms with Crippen molar-refractivity contribution in [2.45, 2.75) is 6.42 Å². The van der Waals surface area contributed by atoms with Crippen LogP contribution >= 0.6 is 0 Å². The van der Waals surface area contributed by atoms with E-state index in [1.165, 1.54) is 11.3 Å². The highest BCUT2D eigenvalue weighted by Gasteiger charge is 2.20. The van der Waals surface area contributed by atoms with Crippen molar-refractivity contribution in [3.05, 3.63) is 54.4 Å². The summed E-state index contributed by atoms with van der Waals surface area (Å²) in [6.45, 7) is 0.960. The number of fused-ring (bicyclic) bond motifs is 1. The van der Waals surface area contributed by atoms with Crippen molar-refractivity contribution in [2.75, 3.05) is 6.54 Å². The van der Waals surface area contributed by atoms with Crippen molar-refractivity contribution in [2.24, 2.45) is 0 Å². The summed E-state index contributed by atoms with van der Waals surface area (Å²) in [6.07, 6.45) is 13.1. The van der Waals surface area contributed by atoms with Crippen LogP contribution < -0.4 is 0 Å². The number of hydrogen-bond acceptors (Lipinski definition) is 3. The van der Waals surface area contributed by atoms with Crippen molar-refractivity contribution >= 4 is 5.57 Å². The Hall–Kier alpha value is -1.90. The second-order valence-corrected chi connectivity index (χ2v) is 3.64. The van der Waals surface area contributed by atoms with Gasteiger partial charge < -0.3 is 4.90 Å². The highest BCUT2D eigenvalue weighted by atomic mass is 15.1. The van der Waals surface area contributed by atoms with E-state index in [-0.39, 0.29) is 0 Å². The molecule has 2 aliphatic heterocycles. The average Bonchev–Trinajstić information content (AvgIpc) is 2.74. The zero-order valence-corrected chi connectivity index (χ0v) is 8.30. The summed E-state index contributed by atoms with van der Waals surface area (Å²) in [7, 11) is 0. The maximum Gasteiger partial charge on any atom is 0.156 e. The van der Waals surface area contributed by atoms with Gasteiger partial charge in [-0.05, 0) is 12.1 Å². The van der Waals surface area contributed by atoms with Gasteiger partial charge in [-0.2, -0.15) is 0 Å². The number of hydrogen-bond donors (Lipinski definition) is 0. The number of aromatic nitrogens is 2. The number of nitrogens with zero attached hydrogens (tertiary/aromatic N) is 3. The molecule has 2 aliphatic rings. The fourth-order valence-corrected chi connectivity index (χ4v) is 1.89. The van der Waals surface area contributed by atoms with E-state index in [9.17, 15) is 0 Å². The van der Waals surface area contributed by atoms with Crippen LogP contribution in [0.25, 0.3) is 5.57 Å². The molecule has 3 heteroatoms. The van der Waals surface area contributed by atoms with Crippen LogP contribution in [0, 0.1) is 0 Å². The smallest absolute Gasteiger partial charge is 0.156 e. The van der Waals surface area contributed by atoms with Crippen molar-refractivity contribution < 1.29 is 0 Å². The fraction of sp³-hybridized carbons (Fsp3) is 0.167. The quantitative estimate of drug-likeness (QED) is 0.689. The molecule has 0 saturated heterocycles. The standard InChI is InChI=1S/C12H11N3/c1-2-7-15-9-10(8-11(15)4-1)12-13-5-3-6-14-12/h1-6,9H,7-8H2. The summed E-state index contributed by atoms with van der Waals surface area (Å²) >= 11 is 0. The molecule has 0 unspecified atom stereocenters. The average molecular weight is 197 g/mol. The molecule has 0 amide bonds. The largest absolute Gasteiger partial charge is 0.347 e. The fourth-order valence-electron chi connectivity index (χ4n) is 1.89. The third kappa shape index (κ3) is 1.46. The van der Waals surface area contributed by atoms with Gasteiger partial charge in [0.15, 0.2) is 5.82 Å². The highest BCUT2D eigenvalue weighted by molar-refractivity contribution is 5.65. The predicted octanol–water partition coefficient (Wildman–Crippen LogP) is 1.98. The SMILES string of the molecule is C1=CCN2C=C(c3ncccn3)CC2=C1. The molecule has 0 bridgehead atoms. The first-order valence-electron chi connectivity index (χ1n) is 5.04. The molecule has 74 valence electrons. The van der Waals surface area contributed by atoms with Crippen molar-refractivity contribution in [3.8, 4) is 0 Å². The Morgan fingerprint density at radius 2 is 2.07 bits per heavy atom. The van der Waals surface area contributed by atoms with Crippen LogP contribution in [0.1, 0.15) is 12.2 Å². The van der Waals surface area contributed by atoms with Crippen LogP contribution in [0.5, 0.6) is 0 Å². The Bertz CT molecular complexity index is 457. The lowest BCUT2D eigenvalue weighted by molar-refractivity contribution is 0.525. The van der Waals surface area contributed by atoms with Crippen LogP contribution in [0.4, 0.5) is 0 Å². The minimum absolute atomic E-state index is 0.841. The summed E-state index contributed by atoms with van der Waals surface area (Å²) in [5.74, 6) is 0.841. The predicted molar refractivity (Wildman–Crippen MR) is 58.6 cm³/mol. The van der Waals surface area contributed by atoms with Gasteiger partial charge in [0.05, 0.1) is 0 Å². The van der Waals surface area contributed by atoms with Crippen LogP contribution in [-0.4, -0.2) is 21.4 Å². The Morgan fingerprint density at radius 1 is 1.20 bits per heavy atom. The second kappa shape index (κ2) is 3.35. The lowest BCUT2D eigenvalue weighted by Crippen LogP contribution is -2.14. The monoisotopic (exact) mass is 197 g/mol. The minimum atomic E-state index is 0.841. The molecule has 3 rings (SSSR count). The lowest BCUT2D eigenvalue weighted by atomic mass is 10.1. The van der Waals surface area contributed by atoms with Gasteiger partial charge in [0.25, 0.3) is 0 Å². The molecule has 0 aromatic carbocycles. The van der Waals surface area contributed by atoms with Gasteiger partial charge in [0.2, 0.25) is 0 Å². The van der Waals surface area contributed by atoms with Gasteiger partial charge in [-0.25, -0.2) is 9.97 Å². The van der Waals surface area contributed by atoms with Crippen LogP contribution in [-0.2, 0) is 0 Å². The molecule has 1 aromatic rings. The first-order valence-corrected chi connectivity index (χ1v) is 5.04. The summed E-state index contributed by atoms with van der Waals surface area (Å²) in [4.78, 5) is 10.8. The summed E-state index contributed by atoms with van der Waals surface area (Å²) < 4.78 is 0. The zero-order chi connectivity index (χ0) is 10.1. The van der Waals surface area contributed by atoms with Gasteiger partial charge in [-0.15, -0.1) is 0 Å². The van der Waals surface area contributed by atoms with E-state index in [2.05, 4.69) is 39.3 Å².